The molecule has 0 aliphatic carbocycles. The Bertz CT molecular complexity index is 2820. The van der Waals surface area contributed by atoms with Crippen molar-refractivity contribution in [3.63, 3.8) is 0 Å². The van der Waals surface area contributed by atoms with Crippen LogP contribution >= 0.6 is 0 Å². The van der Waals surface area contributed by atoms with Crippen molar-refractivity contribution in [1.29, 1.82) is 0 Å². The third-order valence-electron chi connectivity index (χ3n) is 11.5. The fourth-order valence-electron chi connectivity index (χ4n) is 8.48. The average molecular weight is 761 g/mol. The van der Waals surface area contributed by atoms with Gasteiger partial charge in [-0.15, -0.1) is 0 Å². The lowest BCUT2D eigenvalue weighted by molar-refractivity contribution is 0.664. The molecule has 0 fully saturated rings. The van der Waals surface area contributed by atoms with Gasteiger partial charge in [0.05, 0.1) is 17.1 Å². The Balaban J connectivity index is 0.933. The van der Waals surface area contributed by atoms with Crippen LogP contribution in [0.1, 0.15) is 36.2 Å². The molecule has 8 aromatic carbocycles. The standard InChI is InChI=1S/C55H44N4/c1-2-54-56-50-28-11-12-29-53(50)59(54)47-25-15-23-45(36-47)44-22-13-20-42(34-44)38-30-32-39(33-31-38)43-21-14-24-46(35-43)55-57-51(41-18-7-4-8-19-41)37-52(58-55)49-27-10-9-26-48(49)40-16-5-3-6-17-40/h3-37,54-57H,2H2,1H3. The van der Waals surface area contributed by atoms with Crippen molar-refractivity contribution < 1.29 is 0 Å². The fourth-order valence-corrected chi connectivity index (χ4v) is 8.48. The maximum absolute atomic E-state index is 5.38. The minimum atomic E-state index is -0.265. The summed E-state index contributed by atoms with van der Waals surface area (Å²) in [5.41, 5.74) is 18.4. The molecule has 2 atom stereocenters. The summed E-state index contributed by atoms with van der Waals surface area (Å²) in [5.74, 6) is 0. The molecule has 0 amide bonds. The van der Waals surface area contributed by atoms with Crippen molar-refractivity contribution >= 4 is 28.5 Å². The average Bonchev–Trinajstić information content (AvgIpc) is 3.71. The van der Waals surface area contributed by atoms with Crippen LogP contribution in [0.5, 0.6) is 0 Å². The minimum absolute atomic E-state index is 0.225. The Hall–Kier alpha value is -7.43. The minimum Gasteiger partial charge on any atom is -0.363 e. The topological polar surface area (TPSA) is 39.7 Å². The van der Waals surface area contributed by atoms with Gasteiger partial charge in [-0.2, -0.15) is 0 Å². The molecule has 0 radical (unpaired) electrons. The van der Waals surface area contributed by atoms with Crippen LogP contribution in [0.15, 0.2) is 217 Å². The fraction of sp³-hybridized carbons (Fsp3) is 0.0727. The zero-order valence-corrected chi connectivity index (χ0v) is 33.0. The van der Waals surface area contributed by atoms with Crippen LogP contribution in [0.4, 0.5) is 17.1 Å². The van der Waals surface area contributed by atoms with Gasteiger partial charge >= 0.3 is 0 Å². The molecule has 4 nitrogen and oxygen atoms in total. The van der Waals surface area contributed by atoms with Crippen LogP contribution < -0.4 is 15.5 Å². The second kappa shape index (κ2) is 15.8. The third-order valence-corrected chi connectivity index (χ3v) is 11.5. The molecule has 284 valence electrons. The molecule has 0 saturated carbocycles. The van der Waals surface area contributed by atoms with Gasteiger partial charge < -0.3 is 15.5 Å². The van der Waals surface area contributed by atoms with E-state index >= 15 is 0 Å². The molecule has 0 saturated heterocycles. The second-order valence-corrected chi connectivity index (χ2v) is 15.2. The maximum Gasteiger partial charge on any atom is 0.145 e. The van der Waals surface area contributed by atoms with Crippen LogP contribution in [0.3, 0.4) is 0 Å². The predicted octanol–water partition coefficient (Wildman–Crippen LogP) is 13.8. The molecule has 0 bridgehead atoms. The van der Waals surface area contributed by atoms with E-state index < -0.39 is 0 Å². The van der Waals surface area contributed by atoms with Gasteiger partial charge in [0.2, 0.25) is 0 Å². The number of allylic oxidation sites excluding steroid dienone is 1. The molecule has 10 rings (SSSR count). The number of hydrogen-bond acceptors (Lipinski definition) is 4. The van der Waals surface area contributed by atoms with Crippen LogP contribution in [0, 0.1) is 0 Å². The number of nitrogens with zero attached hydrogens (tertiary/aromatic N) is 2. The van der Waals surface area contributed by atoms with E-state index in [-0.39, 0.29) is 12.3 Å². The van der Waals surface area contributed by atoms with E-state index in [1.165, 1.54) is 50.4 Å². The second-order valence-electron chi connectivity index (χ2n) is 15.2. The lowest BCUT2D eigenvalue weighted by Gasteiger charge is -2.26. The highest BCUT2D eigenvalue weighted by atomic mass is 15.3. The maximum atomic E-state index is 5.38. The van der Waals surface area contributed by atoms with Crippen LogP contribution in [0.25, 0.3) is 50.2 Å². The Kier molecular flexibility index (Phi) is 9.65. The number of nitrogens with one attached hydrogen (secondary N) is 2. The van der Waals surface area contributed by atoms with Crippen LogP contribution in [0.2, 0.25) is 0 Å². The lowest BCUT2D eigenvalue weighted by Crippen LogP contribution is -2.30. The molecule has 2 aliphatic heterocycles. The lowest BCUT2D eigenvalue weighted by atomic mass is 9.94. The summed E-state index contributed by atoms with van der Waals surface area (Å²) in [7, 11) is 0. The van der Waals surface area contributed by atoms with Gasteiger partial charge in [0, 0.05) is 16.9 Å². The summed E-state index contributed by atoms with van der Waals surface area (Å²) in [5, 5.41) is 7.47. The first-order valence-corrected chi connectivity index (χ1v) is 20.5. The summed E-state index contributed by atoms with van der Waals surface area (Å²) in [6.45, 7) is 2.23. The predicted molar refractivity (Wildman–Crippen MR) is 248 cm³/mol. The SMILES string of the molecule is CCC1Nc2ccccc2N1c1cccc(-c2cccc(-c3ccc(-c4cccc(C5N=C(c6ccccc6-c6ccccc6)C=C(c6ccccc6)N5)c4)cc3)c2)c1. The molecule has 0 spiro atoms. The molecule has 8 aromatic rings. The Morgan fingerprint density at radius 3 is 1.75 bits per heavy atom. The van der Waals surface area contributed by atoms with Gasteiger partial charge in [-0.1, -0.05) is 177 Å². The molecular weight excluding hydrogens is 717 g/mol. The van der Waals surface area contributed by atoms with Crippen molar-refractivity contribution in [1.82, 2.24) is 5.32 Å². The van der Waals surface area contributed by atoms with Gasteiger partial charge in [-0.3, -0.25) is 4.99 Å². The van der Waals surface area contributed by atoms with Gasteiger partial charge in [-0.05, 0) is 105 Å². The molecule has 2 unspecified atom stereocenters. The Morgan fingerprint density at radius 2 is 1.02 bits per heavy atom. The summed E-state index contributed by atoms with van der Waals surface area (Å²) >= 11 is 0. The van der Waals surface area contributed by atoms with Crippen molar-refractivity contribution in [2.24, 2.45) is 4.99 Å². The highest BCUT2D eigenvalue weighted by Crippen LogP contribution is 2.42. The summed E-state index contributed by atoms with van der Waals surface area (Å²) < 4.78 is 0. The normalized spacial score (nSPS) is 15.7. The largest absolute Gasteiger partial charge is 0.363 e. The van der Waals surface area contributed by atoms with Crippen molar-refractivity contribution in [3.05, 3.63) is 229 Å². The van der Waals surface area contributed by atoms with E-state index in [0.29, 0.717) is 0 Å². The number of fused-ring (bicyclic) bond motifs is 1. The zero-order valence-electron chi connectivity index (χ0n) is 33.0. The van der Waals surface area contributed by atoms with Crippen molar-refractivity contribution in [2.45, 2.75) is 25.7 Å². The van der Waals surface area contributed by atoms with Crippen LogP contribution in [-0.2, 0) is 0 Å². The third kappa shape index (κ3) is 7.22. The van der Waals surface area contributed by atoms with Gasteiger partial charge in [0.1, 0.15) is 12.3 Å². The molecule has 2 N–H and O–H groups in total. The Labute approximate surface area is 346 Å². The van der Waals surface area contributed by atoms with E-state index in [9.17, 15) is 0 Å². The van der Waals surface area contributed by atoms with E-state index in [2.05, 4.69) is 235 Å². The zero-order chi connectivity index (χ0) is 39.5. The number of benzene rings is 8. The quantitative estimate of drug-likeness (QED) is 0.154. The van der Waals surface area contributed by atoms with Crippen molar-refractivity contribution in [2.75, 3.05) is 10.2 Å². The van der Waals surface area contributed by atoms with Crippen molar-refractivity contribution in [3.8, 4) is 44.5 Å². The molecule has 59 heavy (non-hydrogen) atoms. The number of para-hydroxylation sites is 2. The summed E-state index contributed by atoms with van der Waals surface area (Å²) in [6, 6.07) is 73.8. The Morgan fingerprint density at radius 1 is 0.458 bits per heavy atom. The van der Waals surface area contributed by atoms with E-state index in [1.54, 1.807) is 0 Å². The first-order valence-electron chi connectivity index (χ1n) is 20.5. The first-order chi connectivity index (χ1) is 29.2. The van der Waals surface area contributed by atoms with E-state index in [0.717, 1.165) is 45.6 Å². The molecule has 0 aromatic heterocycles. The molecule has 2 heterocycles. The molecule has 4 heteroatoms. The molecule has 2 aliphatic rings. The van der Waals surface area contributed by atoms with Gasteiger partial charge in [0.15, 0.2) is 0 Å². The first kappa shape index (κ1) is 35.9. The smallest absolute Gasteiger partial charge is 0.145 e. The number of rotatable bonds is 9. The highest BCUT2D eigenvalue weighted by Gasteiger charge is 2.28. The van der Waals surface area contributed by atoms with Crippen LogP contribution in [-0.4, -0.2) is 11.9 Å². The number of aliphatic imine (C=N–C) groups is 1. The summed E-state index contributed by atoms with van der Waals surface area (Å²) in [4.78, 5) is 7.80. The highest BCUT2D eigenvalue weighted by molar-refractivity contribution is 6.16. The van der Waals surface area contributed by atoms with Gasteiger partial charge in [0.25, 0.3) is 0 Å². The van der Waals surface area contributed by atoms with E-state index in [1.807, 2.05) is 0 Å². The number of hydrogen-bond donors (Lipinski definition) is 2. The van der Waals surface area contributed by atoms with Gasteiger partial charge in [-0.25, -0.2) is 0 Å². The monoisotopic (exact) mass is 760 g/mol. The van der Waals surface area contributed by atoms with E-state index in [4.69, 9.17) is 4.99 Å². The molecular formula is C55H44N4. The summed E-state index contributed by atoms with van der Waals surface area (Å²) in [6.07, 6.45) is 3.15. The number of anilines is 3.